The molecule has 3 nitrogen and oxygen atoms in total. The van der Waals surface area contributed by atoms with Crippen LogP contribution in [0.15, 0.2) is 24.3 Å². The van der Waals surface area contributed by atoms with E-state index in [0.29, 0.717) is 0 Å². The van der Waals surface area contributed by atoms with Gasteiger partial charge in [-0.3, -0.25) is 0 Å². The molecule has 0 atom stereocenters. The fraction of sp³-hybridized carbons (Fsp3) is 0.533. The van der Waals surface area contributed by atoms with E-state index in [4.69, 9.17) is 17.0 Å². The molecule has 0 saturated heterocycles. The number of rotatable bonds is 5. The van der Waals surface area contributed by atoms with Gasteiger partial charge in [0, 0.05) is 32.0 Å². The minimum absolute atomic E-state index is 0.782. The molecular weight excluding hydrogens is 256 g/mol. The minimum atomic E-state index is 0.782. The van der Waals surface area contributed by atoms with Gasteiger partial charge in [-0.2, -0.15) is 0 Å². The van der Waals surface area contributed by atoms with Gasteiger partial charge >= 0.3 is 0 Å². The first-order valence-corrected chi connectivity index (χ1v) is 7.44. The van der Waals surface area contributed by atoms with E-state index in [-0.39, 0.29) is 0 Å². The molecule has 0 unspecified atom stereocenters. The third-order valence-corrected chi connectivity index (χ3v) is 3.67. The van der Waals surface area contributed by atoms with Crippen LogP contribution in [0.25, 0.3) is 0 Å². The number of fused-ring (bicyclic) bond motifs is 1. The summed E-state index contributed by atoms with van der Waals surface area (Å²) in [5.74, 6) is 0. The van der Waals surface area contributed by atoms with Crippen LogP contribution in [-0.2, 0) is 11.2 Å². The highest BCUT2D eigenvalue weighted by Crippen LogP contribution is 2.26. The summed E-state index contributed by atoms with van der Waals surface area (Å²) in [5.41, 5.74) is 2.66. The van der Waals surface area contributed by atoms with Crippen molar-refractivity contribution in [2.24, 2.45) is 0 Å². The van der Waals surface area contributed by atoms with Crippen LogP contribution < -0.4 is 10.2 Å². The van der Waals surface area contributed by atoms with Crippen molar-refractivity contribution in [1.29, 1.82) is 0 Å². The van der Waals surface area contributed by atoms with Gasteiger partial charge < -0.3 is 15.0 Å². The Morgan fingerprint density at radius 2 is 2.26 bits per heavy atom. The fourth-order valence-corrected chi connectivity index (χ4v) is 2.65. The second-order valence-electron chi connectivity index (χ2n) is 4.67. The third kappa shape index (κ3) is 3.91. The van der Waals surface area contributed by atoms with Gasteiger partial charge in [0.1, 0.15) is 0 Å². The zero-order chi connectivity index (χ0) is 13.5. The zero-order valence-corrected chi connectivity index (χ0v) is 12.3. The summed E-state index contributed by atoms with van der Waals surface area (Å²) in [6, 6.07) is 8.53. The summed E-state index contributed by atoms with van der Waals surface area (Å²) in [6.45, 7) is 5.47. The van der Waals surface area contributed by atoms with Crippen LogP contribution in [0.5, 0.6) is 0 Å². The number of nitrogens with one attached hydrogen (secondary N) is 1. The number of para-hydroxylation sites is 1. The van der Waals surface area contributed by atoms with Crippen LogP contribution in [0.3, 0.4) is 0 Å². The molecule has 4 heteroatoms. The summed E-state index contributed by atoms with van der Waals surface area (Å²) in [7, 11) is 0. The molecule has 1 heterocycles. The molecule has 2 rings (SSSR count). The maximum atomic E-state index is 5.50. The Balaban J connectivity index is 1.86. The molecule has 0 fully saturated rings. The second-order valence-corrected chi connectivity index (χ2v) is 5.05. The Hall–Kier alpha value is -1.13. The summed E-state index contributed by atoms with van der Waals surface area (Å²) in [4.78, 5) is 2.22. The lowest BCUT2D eigenvalue weighted by atomic mass is 10.0. The van der Waals surface area contributed by atoms with Crippen molar-refractivity contribution in [3.8, 4) is 0 Å². The Labute approximate surface area is 120 Å². The predicted octanol–water partition coefficient (Wildman–Crippen LogP) is 2.74. The normalized spacial score (nSPS) is 14.1. The van der Waals surface area contributed by atoms with Gasteiger partial charge in [0.2, 0.25) is 0 Å². The molecule has 1 N–H and O–H groups in total. The Morgan fingerprint density at radius 3 is 3.11 bits per heavy atom. The predicted molar refractivity (Wildman–Crippen MR) is 83.8 cm³/mol. The van der Waals surface area contributed by atoms with Crippen molar-refractivity contribution >= 4 is 23.0 Å². The highest BCUT2D eigenvalue weighted by Gasteiger charge is 2.18. The molecule has 1 aliphatic heterocycles. The van der Waals surface area contributed by atoms with E-state index in [2.05, 4.69) is 34.5 Å². The average Bonchev–Trinajstić information content (AvgIpc) is 2.46. The van der Waals surface area contributed by atoms with Crippen LogP contribution in [0.4, 0.5) is 5.69 Å². The quantitative estimate of drug-likeness (QED) is 0.661. The monoisotopic (exact) mass is 278 g/mol. The molecule has 1 aromatic rings. The van der Waals surface area contributed by atoms with Crippen molar-refractivity contribution in [2.75, 3.05) is 31.2 Å². The van der Waals surface area contributed by atoms with Crippen LogP contribution in [0.1, 0.15) is 25.3 Å². The topological polar surface area (TPSA) is 24.5 Å². The van der Waals surface area contributed by atoms with Crippen molar-refractivity contribution in [3.63, 3.8) is 0 Å². The lowest BCUT2D eigenvalue weighted by molar-refractivity contribution is 0.146. The first-order chi connectivity index (χ1) is 9.33. The van der Waals surface area contributed by atoms with E-state index in [0.717, 1.165) is 50.7 Å². The maximum Gasteiger partial charge on any atom is 0.173 e. The van der Waals surface area contributed by atoms with Gasteiger partial charge in [-0.1, -0.05) is 18.2 Å². The molecule has 104 valence electrons. The van der Waals surface area contributed by atoms with Gasteiger partial charge in [-0.25, -0.2) is 0 Å². The number of anilines is 1. The van der Waals surface area contributed by atoms with E-state index in [1.807, 2.05) is 6.92 Å². The largest absolute Gasteiger partial charge is 0.382 e. The van der Waals surface area contributed by atoms with Gasteiger partial charge in [-0.15, -0.1) is 0 Å². The van der Waals surface area contributed by atoms with Gasteiger partial charge in [0.25, 0.3) is 0 Å². The van der Waals surface area contributed by atoms with Gasteiger partial charge in [0.05, 0.1) is 0 Å². The van der Waals surface area contributed by atoms with Crippen molar-refractivity contribution in [1.82, 2.24) is 5.32 Å². The summed E-state index contributed by atoms with van der Waals surface area (Å²) in [6.07, 6.45) is 3.31. The Bertz CT molecular complexity index is 422. The van der Waals surface area contributed by atoms with E-state index in [9.17, 15) is 0 Å². The van der Waals surface area contributed by atoms with Crippen molar-refractivity contribution in [2.45, 2.75) is 26.2 Å². The number of thiocarbonyl (C=S) groups is 1. The molecule has 0 radical (unpaired) electrons. The lowest BCUT2D eigenvalue weighted by Gasteiger charge is -2.31. The van der Waals surface area contributed by atoms with Crippen LogP contribution in [-0.4, -0.2) is 31.4 Å². The second kappa shape index (κ2) is 7.46. The molecule has 0 aromatic heterocycles. The van der Waals surface area contributed by atoms with Crippen LogP contribution in [0, 0.1) is 0 Å². The van der Waals surface area contributed by atoms with E-state index < -0.39 is 0 Å². The van der Waals surface area contributed by atoms with E-state index in [1.165, 1.54) is 11.3 Å². The summed E-state index contributed by atoms with van der Waals surface area (Å²) in [5, 5.41) is 4.17. The molecule has 0 bridgehead atoms. The molecule has 1 aromatic carbocycles. The van der Waals surface area contributed by atoms with Crippen LogP contribution >= 0.6 is 12.2 Å². The highest BCUT2D eigenvalue weighted by atomic mass is 32.1. The molecular formula is C15H22N2OS. The number of hydrogen-bond donors (Lipinski definition) is 1. The van der Waals surface area contributed by atoms with Crippen LogP contribution in [0.2, 0.25) is 0 Å². The zero-order valence-electron chi connectivity index (χ0n) is 11.5. The number of hydrogen-bond acceptors (Lipinski definition) is 2. The minimum Gasteiger partial charge on any atom is -0.382 e. The molecule has 0 aliphatic carbocycles. The lowest BCUT2D eigenvalue weighted by Crippen LogP contribution is -2.43. The molecule has 0 saturated carbocycles. The Kier molecular flexibility index (Phi) is 5.61. The number of aryl methyl sites for hydroxylation is 1. The summed E-state index contributed by atoms with van der Waals surface area (Å²) >= 11 is 5.50. The van der Waals surface area contributed by atoms with Crippen molar-refractivity contribution in [3.05, 3.63) is 29.8 Å². The average molecular weight is 278 g/mol. The van der Waals surface area contributed by atoms with Crippen molar-refractivity contribution < 1.29 is 4.74 Å². The fourth-order valence-electron chi connectivity index (χ4n) is 2.35. The molecule has 1 aliphatic rings. The van der Waals surface area contributed by atoms with E-state index in [1.54, 1.807) is 0 Å². The first-order valence-electron chi connectivity index (χ1n) is 7.04. The van der Waals surface area contributed by atoms with Gasteiger partial charge in [0.15, 0.2) is 5.11 Å². The smallest absolute Gasteiger partial charge is 0.173 e. The number of nitrogens with zero attached hydrogens (tertiary/aromatic N) is 1. The molecule has 0 spiro atoms. The number of ether oxygens (including phenoxy) is 1. The van der Waals surface area contributed by atoms with Gasteiger partial charge in [-0.05, 0) is 50.0 Å². The number of benzene rings is 1. The SMILES string of the molecule is CCOCCCNC(=S)N1CCCc2ccccc21. The Morgan fingerprint density at radius 1 is 1.42 bits per heavy atom. The maximum absolute atomic E-state index is 5.50. The third-order valence-electron chi connectivity index (χ3n) is 3.30. The molecule has 0 amide bonds. The van der Waals surface area contributed by atoms with E-state index >= 15 is 0 Å². The highest BCUT2D eigenvalue weighted by molar-refractivity contribution is 7.80. The standard InChI is InChI=1S/C15H22N2OS/c1-2-18-12-6-10-16-15(19)17-11-5-8-13-7-3-4-9-14(13)17/h3-4,7,9H,2,5-6,8,10-12H2,1H3,(H,16,19). The first kappa shape index (κ1) is 14.3. The molecule has 19 heavy (non-hydrogen) atoms. The summed E-state index contributed by atoms with van der Waals surface area (Å²) < 4.78 is 5.32.